The van der Waals surface area contributed by atoms with E-state index in [0.717, 1.165) is 30.3 Å². The topological polar surface area (TPSA) is 39.7 Å². The number of nitrogens with one attached hydrogen (secondary N) is 1. The molecule has 2 heterocycles. The van der Waals surface area contributed by atoms with E-state index in [9.17, 15) is 0 Å². The summed E-state index contributed by atoms with van der Waals surface area (Å²) in [6, 6.07) is 4.01. The van der Waals surface area contributed by atoms with Crippen LogP contribution in [0.4, 0.5) is 0 Å². The lowest BCUT2D eigenvalue weighted by Crippen LogP contribution is -2.28. The van der Waals surface area contributed by atoms with E-state index >= 15 is 0 Å². The van der Waals surface area contributed by atoms with Gasteiger partial charge in [0.15, 0.2) is 11.5 Å². The Morgan fingerprint density at radius 2 is 2.12 bits per heavy atom. The van der Waals surface area contributed by atoms with Gasteiger partial charge in [-0.15, -0.1) is 0 Å². The second-order valence-corrected chi connectivity index (χ2v) is 4.49. The zero-order chi connectivity index (χ0) is 11.7. The van der Waals surface area contributed by atoms with Crippen molar-refractivity contribution in [1.29, 1.82) is 0 Å². The quantitative estimate of drug-likeness (QED) is 0.849. The number of fused-ring (bicyclic) bond motifs is 1. The zero-order valence-electron chi connectivity index (χ0n) is 9.99. The van der Waals surface area contributed by atoms with Crippen LogP contribution in [-0.4, -0.2) is 27.0 Å². The first-order chi connectivity index (χ1) is 8.38. The minimum absolute atomic E-state index is 0.310. The van der Waals surface area contributed by atoms with E-state index in [4.69, 9.17) is 14.2 Å². The van der Waals surface area contributed by atoms with Crippen molar-refractivity contribution in [3.63, 3.8) is 0 Å². The highest BCUT2D eigenvalue weighted by Gasteiger charge is 2.23. The zero-order valence-corrected chi connectivity index (χ0v) is 9.99. The van der Waals surface area contributed by atoms with Gasteiger partial charge in [-0.3, -0.25) is 0 Å². The van der Waals surface area contributed by atoms with E-state index in [0.29, 0.717) is 12.7 Å². The van der Waals surface area contributed by atoms with Gasteiger partial charge in [-0.25, -0.2) is 0 Å². The predicted molar refractivity (Wildman–Crippen MR) is 64.0 cm³/mol. The van der Waals surface area contributed by atoms with Crippen molar-refractivity contribution in [1.82, 2.24) is 5.32 Å². The Balaban J connectivity index is 1.96. The SMILES string of the molecule is COc1cc2c(cc1C1CCCNC1)OCO2. The predicted octanol–water partition coefficient (Wildman–Crippen LogP) is 1.89. The lowest BCUT2D eigenvalue weighted by molar-refractivity contribution is 0.174. The van der Waals surface area contributed by atoms with Crippen LogP contribution in [0.2, 0.25) is 0 Å². The van der Waals surface area contributed by atoms with Crippen molar-refractivity contribution >= 4 is 0 Å². The summed E-state index contributed by atoms with van der Waals surface area (Å²) in [5.74, 6) is 3.04. The molecule has 1 unspecified atom stereocenters. The van der Waals surface area contributed by atoms with Gasteiger partial charge in [0.1, 0.15) is 5.75 Å². The molecule has 0 bridgehead atoms. The van der Waals surface area contributed by atoms with Crippen LogP contribution in [-0.2, 0) is 0 Å². The van der Waals surface area contributed by atoms with Gasteiger partial charge in [-0.05, 0) is 25.5 Å². The number of benzene rings is 1. The summed E-state index contributed by atoms with van der Waals surface area (Å²) in [7, 11) is 1.71. The monoisotopic (exact) mass is 235 g/mol. The molecular formula is C13H17NO3. The van der Waals surface area contributed by atoms with Crippen LogP contribution in [0.25, 0.3) is 0 Å². The number of piperidine rings is 1. The molecule has 1 atom stereocenters. The molecule has 1 aromatic carbocycles. The summed E-state index contributed by atoms with van der Waals surface area (Å²) in [6.07, 6.45) is 2.41. The van der Waals surface area contributed by atoms with Crippen molar-refractivity contribution in [3.05, 3.63) is 17.7 Å². The fourth-order valence-corrected chi connectivity index (χ4v) is 2.55. The molecule has 0 spiro atoms. The maximum atomic E-state index is 5.46. The van der Waals surface area contributed by atoms with E-state index in [1.165, 1.54) is 18.4 Å². The summed E-state index contributed by atoms with van der Waals surface area (Å²) in [6.45, 7) is 2.43. The Bertz CT molecular complexity index is 413. The van der Waals surface area contributed by atoms with Crippen LogP contribution in [0.5, 0.6) is 17.2 Å². The molecule has 92 valence electrons. The number of ether oxygens (including phenoxy) is 3. The van der Waals surface area contributed by atoms with Gasteiger partial charge in [-0.2, -0.15) is 0 Å². The highest BCUT2D eigenvalue weighted by atomic mass is 16.7. The molecule has 1 fully saturated rings. The molecule has 0 amide bonds. The number of hydrogen-bond acceptors (Lipinski definition) is 4. The summed E-state index contributed by atoms with van der Waals surface area (Å²) >= 11 is 0. The summed E-state index contributed by atoms with van der Waals surface area (Å²) < 4.78 is 16.3. The van der Waals surface area contributed by atoms with Crippen molar-refractivity contribution in [2.45, 2.75) is 18.8 Å². The largest absolute Gasteiger partial charge is 0.496 e. The van der Waals surface area contributed by atoms with E-state index in [1.54, 1.807) is 7.11 Å². The molecule has 4 nitrogen and oxygen atoms in total. The van der Waals surface area contributed by atoms with Crippen molar-refractivity contribution in [2.24, 2.45) is 0 Å². The summed E-state index contributed by atoms with van der Waals surface area (Å²) in [5.41, 5.74) is 1.23. The van der Waals surface area contributed by atoms with Crippen LogP contribution >= 0.6 is 0 Å². The third kappa shape index (κ3) is 1.93. The lowest BCUT2D eigenvalue weighted by Gasteiger charge is -2.24. The minimum Gasteiger partial charge on any atom is -0.496 e. The van der Waals surface area contributed by atoms with Gasteiger partial charge >= 0.3 is 0 Å². The second-order valence-electron chi connectivity index (χ2n) is 4.49. The molecule has 0 aromatic heterocycles. The maximum Gasteiger partial charge on any atom is 0.231 e. The van der Waals surface area contributed by atoms with Gasteiger partial charge in [0, 0.05) is 24.1 Å². The van der Waals surface area contributed by atoms with Gasteiger partial charge in [0.25, 0.3) is 0 Å². The molecule has 2 aliphatic heterocycles. The summed E-state index contributed by atoms with van der Waals surface area (Å²) in [4.78, 5) is 0. The smallest absolute Gasteiger partial charge is 0.231 e. The fourth-order valence-electron chi connectivity index (χ4n) is 2.55. The third-order valence-electron chi connectivity index (χ3n) is 3.46. The maximum absolute atomic E-state index is 5.46. The summed E-state index contributed by atoms with van der Waals surface area (Å²) in [5, 5.41) is 3.42. The number of methoxy groups -OCH3 is 1. The van der Waals surface area contributed by atoms with Gasteiger partial charge < -0.3 is 19.5 Å². The van der Waals surface area contributed by atoms with Crippen LogP contribution in [0, 0.1) is 0 Å². The molecule has 0 radical (unpaired) electrons. The standard InChI is InChI=1S/C13H17NO3/c1-15-11-6-13-12(16-8-17-13)5-10(11)9-3-2-4-14-7-9/h5-6,9,14H,2-4,7-8H2,1H3. The van der Waals surface area contributed by atoms with Crippen LogP contribution in [0.1, 0.15) is 24.3 Å². The van der Waals surface area contributed by atoms with E-state index in [-0.39, 0.29) is 0 Å². The molecule has 0 saturated carbocycles. The lowest BCUT2D eigenvalue weighted by atomic mass is 9.90. The average molecular weight is 235 g/mol. The Morgan fingerprint density at radius 3 is 2.82 bits per heavy atom. The molecule has 17 heavy (non-hydrogen) atoms. The van der Waals surface area contributed by atoms with Gasteiger partial charge in [-0.1, -0.05) is 0 Å². The molecule has 4 heteroatoms. The molecule has 0 aliphatic carbocycles. The Labute approximate surface area is 101 Å². The first-order valence-corrected chi connectivity index (χ1v) is 6.06. The highest BCUT2D eigenvalue weighted by molar-refractivity contribution is 5.53. The van der Waals surface area contributed by atoms with E-state index < -0.39 is 0 Å². The second kappa shape index (κ2) is 4.45. The highest BCUT2D eigenvalue weighted by Crippen LogP contribution is 2.42. The van der Waals surface area contributed by atoms with Crippen molar-refractivity contribution in [2.75, 3.05) is 27.0 Å². The van der Waals surface area contributed by atoms with Crippen LogP contribution in [0.15, 0.2) is 12.1 Å². The van der Waals surface area contributed by atoms with Crippen molar-refractivity contribution < 1.29 is 14.2 Å². The molecule has 1 aromatic rings. The molecule has 2 aliphatic rings. The Morgan fingerprint density at radius 1 is 1.29 bits per heavy atom. The van der Waals surface area contributed by atoms with Crippen molar-refractivity contribution in [3.8, 4) is 17.2 Å². The van der Waals surface area contributed by atoms with E-state index in [1.807, 2.05) is 6.07 Å². The van der Waals surface area contributed by atoms with Gasteiger partial charge in [0.05, 0.1) is 7.11 Å². The Hall–Kier alpha value is -1.42. The average Bonchev–Trinajstić information content (AvgIpc) is 2.85. The number of rotatable bonds is 2. The van der Waals surface area contributed by atoms with Crippen LogP contribution in [0.3, 0.4) is 0 Å². The molecular weight excluding hydrogens is 218 g/mol. The molecule has 1 N–H and O–H groups in total. The van der Waals surface area contributed by atoms with Gasteiger partial charge in [0.2, 0.25) is 6.79 Å². The number of hydrogen-bond donors (Lipinski definition) is 1. The fraction of sp³-hybridized carbons (Fsp3) is 0.538. The Kier molecular flexibility index (Phi) is 2.81. The third-order valence-corrected chi connectivity index (χ3v) is 3.46. The molecule has 3 rings (SSSR count). The van der Waals surface area contributed by atoms with Crippen LogP contribution < -0.4 is 19.5 Å². The molecule has 1 saturated heterocycles. The minimum atomic E-state index is 0.310. The van der Waals surface area contributed by atoms with E-state index in [2.05, 4.69) is 11.4 Å². The first-order valence-electron chi connectivity index (χ1n) is 6.06. The normalized spacial score (nSPS) is 22.5. The first kappa shape index (κ1) is 10.7.